The van der Waals surface area contributed by atoms with E-state index >= 15 is 0 Å². The Morgan fingerprint density at radius 3 is 2.83 bits per heavy atom. The van der Waals surface area contributed by atoms with Crippen molar-refractivity contribution in [3.05, 3.63) is 23.8 Å². The second kappa shape index (κ2) is 6.86. The second-order valence-electron chi connectivity index (χ2n) is 4.27. The number of nitrogen functional groups attached to an aromatic ring is 1. The minimum atomic E-state index is -0.306. The Kier molecular flexibility index (Phi) is 5.45. The molecule has 0 fully saturated rings. The Balaban J connectivity index is 2.62. The molecule has 0 radical (unpaired) electrons. The first-order chi connectivity index (χ1) is 8.58. The van der Waals surface area contributed by atoms with Crippen LogP contribution in [0.2, 0.25) is 0 Å². The summed E-state index contributed by atoms with van der Waals surface area (Å²) in [6, 6.07) is 4.28. The molecule has 5 nitrogen and oxygen atoms in total. The zero-order chi connectivity index (χ0) is 13.5. The summed E-state index contributed by atoms with van der Waals surface area (Å²) in [5.41, 5.74) is 6.28. The molecule has 1 aromatic carbocycles. The van der Waals surface area contributed by atoms with E-state index in [0.717, 1.165) is 6.42 Å². The van der Waals surface area contributed by atoms with Crippen molar-refractivity contribution in [2.24, 2.45) is 5.92 Å². The molecule has 18 heavy (non-hydrogen) atoms. The summed E-state index contributed by atoms with van der Waals surface area (Å²) < 4.78 is 0. The molecule has 0 bridgehead atoms. The van der Waals surface area contributed by atoms with Gasteiger partial charge in [-0.15, -0.1) is 0 Å². The van der Waals surface area contributed by atoms with Crippen LogP contribution in [0.5, 0.6) is 5.75 Å². The van der Waals surface area contributed by atoms with Crippen molar-refractivity contribution in [3.8, 4) is 5.75 Å². The van der Waals surface area contributed by atoms with Gasteiger partial charge in [0, 0.05) is 18.8 Å². The molecule has 100 valence electrons. The number of nitrogens with one attached hydrogen (secondary N) is 1. The Hall–Kier alpha value is -1.75. The van der Waals surface area contributed by atoms with E-state index in [9.17, 15) is 9.90 Å². The highest BCUT2D eigenvalue weighted by Gasteiger charge is 2.12. The first-order valence-corrected chi connectivity index (χ1v) is 6.06. The highest BCUT2D eigenvalue weighted by Crippen LogP contribution is 2.18. The lowest BCUT2D eigenvalue weighted by molar-refractivity contribution is 0.0944. The average Bonchev–Trinajstić information content (AvgIpc) is 2.37. The number of aliphatic hydroxyl groups is 1. The topological polar surface area (TPSA) is 95.6 Å². The highest BCUT2D eigenvalue weighted by molar-refractivity contribution is 5.99. The summed E-state index contributed by atoms with van der Waals surface area (Å²) in [7, 11) is 0. The van der Waals surface area contributed by atoms with E-state index in [1.54, 1.807) is 0 Å². The molecule has 5 N–H and O–H groups in total. The molecule has 0 aliphatic heterocycles. The Morgan fingerprint density at radius 2 is 2.22 bits per heavy atom. The standard InChI is InChI=1S/C13H20N2O3/c1-2-9(5-6-16)8-15-13(18)11-7-10(17)3-4-12(11)14/h3-4,7,9,16-17H,2,5-6,8,14H2,1H3,(H,15,18). The third-order valence-electron chi connectivity index (χ3n) is 2.95. The summed E-state index contributed by atoms with van der Waals surface area (Å²) in [6.45, 7) is 2.61. The number of rotatable bonds is 6. The van der Waals surface area contributed by atoms with E-state index in [4.69, 9.17) is 10.8 Å². The fraction of sp³-hybridized carbons (Fsp3) is 0.462. The van der Waals surface area contributed by atoms with Crippen molar-refractivity contribution in [2.45, 2.75) is 19.8 Å². The van der Waals surface area contributed by atoms with Gasteiger partial charge >= 0.3 is 0 Å². The lowest BCUT2D eigenvalue weighted by Gasteiger charge is -2.15. The molecular formula is C13H20N2O3. The van der Waals surface area contributed by atoms with Crippen LogP contribution in [0.25, 0.3) is 0 Å². The van der Waals surface area contributed by atoms with Gasteiger partial charge in [-0.25, -0.2) is 0 Å². The number of hydrogen-bond donors (Lipinski definition) is 4. The fourth-order valence-electron chi connectivity index (χ4n) is 1.71. The Labute approximate surface area is 107 Å². The second-order valence-corrected chi connectivity index (χ2v) is 4.27. The highest BCUT2D eigenvalue weighted by atomic mass is 16.3. The van der Waals surface area contributed by atoms with Crippen LogP contribution in [-0.4, -0.2) is 29.3 Å². The van der Waals surface area contributed by atoms with Crippen LogP contribution in [-0.2, 0) is 0 Å². The monoisotopic (exact) mass is 252 g/mol. The summed E-state index contributed by atoms with van der Waals surface area (Å²) in [5.74, 6) is -0.0472. The number of phenols is 1. The van der Waals surface area contributed by atoms with Crippen molar-refractivity contribution < 1.29 is 15.0 Å². The third kappa shape index (κ3) is 3.92. The van der Waals surface area contributed by atoms with Crippen LogP contribution in [0.15, 0.2) is 18.2 Å². The number of nitrogens with two attached hydrogens (primary N) is 1. The molecule has 1 atom stereocenters. The zero-order valence-corrected chi connectivity index (χ0v) is 10.5. The van der Waals surface area contributed by atoms with Gasteiger partial charge in [-0.05, 0) is 30.5 Å². The maximum Gasteiger partial charge on any atom is 0.253 e. The van der Waals surface area contributed by atoms with Crippen molar-refractivity contribution >= 4 is 11.6 Å². The quantitative estimate of drug-likeness (QED) is 0.450. The van der Waals surface area contributed by atoms with Crippen LogP contribution >= 0.6 is 0 Å². The first-order valence-electron chi connectivity index (χ1n) is 6.06. The SMILES string of the molecule is CCC(CCO)CNC(=O)c1cc(O)ccc1N. The van der Waals surface area contributed by atoms with Gasteiger partial charge in [0.2, 0.25) is 0 Å². The molecule has 0 heterocycles. The van der Waals surface area contributed by atoms with E-state index in [2.05, 4.69) is 5.32 Å². The van der Waals surface area contributed by atoms with E-state index < -0.39 is 0 Å². The molecule has 0 aliphatic carbocycles. The number of phenolic OH excluding ortho intramolecular Hbond substituents is 1. The van der Waals surface area contributed by atoms with Crippen molar-refractivity contribution in [3.63, 3.8) is 0 Å². The fourth-order valence-corrected chi connectivity index (χ4v) is 1.71. The molecule has 0 saturated carbocycles. The van der Waals surface area contributed by atoms with Gasteiger partial charge in [0.25, 0.3) is 5.91 Å². The minimum Gasteiger partial charge on any atom is -0.508 e. The summed E-state index contributed by atoms with van der Waals surface area (Å²) in [4.78, 5) is 11.9. The van der Waals surface area contributed by atoms with Gasteiger partial charge in [-0.2, -0.15) is 0 Å². The molecule has 1 amide bonds. The molecule has 1 aromatic rings. The smallest absolute Gasteiger partial charge is 0.253 e. The van der Waals surface area contributed by atoms with Crippen LogP contribution in [0.4, 0.5) is 5.69 Å². The largest absolute Gasteiger partial charge is 0.508 e. The van der Waals surface area contributed by atoms with Gasteiger partial charge in [-0.1, -0.05) is 13.3 Å². The molecule has 0 saturated heterocycles. The molecule has 5 heteroatoms. The molecular weight excluding hydrogens is 232 g/mol. The van der Waals surface area contributed by atoms with Crippen LogP contribution < -0.4 is 11.1 Å². The van der Waals surface area contributed by atoms with Crippen molar-refractivity contribution in [2.75, 3.05) is 18.9 Å². The van der Waals surface area contributed by atoms with E-state index in [-0.39, 0.29) is 29.7 Å². The molecule has 1 unspecified atom stereocenters. The van der Waals surface area contributed by atoms with Crippen LogP contribution in [0.3, 0.4) is 0 Å². The maximum absolute atomic E-state index is 11.9. The summed E-state index contributed by atoms with van der Waals surface area (Å²) in [6.07, 6.45) is 1.54. The van der Waals surface area contributed by atoms with E-state index in [1.165, 1.54) is 18.2 Å². The number of carbonyl (C=O) groups excluding carboxylic acids is 1. The zero-order valence-electron chi connectivity index (χ0n) is 10.5. The van der Waals surface area contributed by atoms with E-state index in [1.807, 2.05) is 6.92 Å². The number of carbonyl (C=O) groups is 1. The summed E-state index contributed by atoms with van der Waals surface area (Å²) >= 11 is 0. The van der Waals surface area contributed by atoms with Gasteiger partial charge in [-0.3, -0.25) is 4.79 Å². The maximum atomic E-state index is 11.9. The van der Waals surface area contributed by atoms with Crippen LogP contribution in [0, 0.1) is 5.92 Å². The van der Waals surface area contributed by atoms with Gasteiger partial charge < -0.3 is 21.3 Å². The minimum absolute atomic E-state index is 0.0109. The van der Waals surface area contributed by atoms with Crippen molar-refractivity contribution in [1.29, 1.82) is 0 Å². The summed E-state index contributed by atoms with van der Waals surface area (Å²) in [5, 5.41) is 21.0. The number of aliphatic hydroxyl groups excluding tert-OH is 1. The third-order valence-corrected chi connectivity index (χ3v) is 2.95. The Bertz CT molecular complexity index is 407. The van der Waals surface area contributed by atoms with Crippen molar-refractivity contribution in [1.82, 2.24) is 5.32 Å². The predicted molar refractivity (Wildman–Crippen MR) is 70.3 cm³/mol. The lowest BCUT2D eigenvalue weighted by Crippen LogP contribution is -2.30. The number of anilines is 1. The van der Waals surface area contributed by atoms with Gasteiger partial charge in [0.15, 0.2) is 0 Å². The van der Waals surface area contributed by atoms with E-state index in [0.29, 0.717) is 18.7 Å². The number of aromatic hydroxyl groups is 1. The normalized spacial score (nSPS) is 12.1. The number of benzene rings is 1. The van der Waals surface area contributed by atoms with Gasteiger partial charge in [0.1, 0.15) is 5.75 Å². The molecule has 1 rings (SSSR count). The number of hydrogen-bond acceptors (Lipinski definition) is 4. The number of amides is 1. The van der Waals surface area contributed by atoms with Crippen LogP contribution in [0.1, 0.15) is 30.1 Å². The lowest BCUT2D eigenvalue weighted by atomic mass is 10.0. The molecule has 0 aliphatic rings. The molecule has 0 aromatic heterocycles. The Morgan fingerprint density at radius 1 is 1.50 bits per heavy atom. The molecule has 0 spiro atoms. The first kappa shape index (κ1) is 14.3. The predicted octanol–water partition coefficient (Wildman–Crippen LogP) is 1.11. The average molecular weight is 252 g/mol. The van der Waals surface area contributed by atoms with Gasteiger partial charge in [0.05, 0.1) is 5.56 Å².